The average Bonchev–Trinajstić information content (AvgIpc) is 2.46. The molecule has 1 atom stereocenters. The summed E-state index contributed by atoms with van der Waals surface area (Å²) >= 11 is 1.88. The van der Waals surface area contributed by atoms with Crippen LogP contribution >= 0.6 is 24.2 Å². The second kappa shape index (κ2) is 7.40. The molecule has 2 aromatic carbocycles. The van der Waals surface area contributed by atoms with Crippen LogP contribution < -0.4 is 4.90 Å². The van der Waals surface area contributed by atoms with Crippen molar-refractivity contribution in [1.29, 1.82) is 0 Å². The van der Waals surface area contributed by atoms with Crippen molar-refractivity contribution in [2.24, 2.45) is 5.92 Å². The highest BCUT2D eigenvalue weighted by atomic mass is 35.5. The molecule has 2 nitrogen and oxygen atoms in total. The Kier molecular flexibility index (Phi) is 5.79. The van der Waals surface area contributed by atoms with Gasteiger partial charge in [0.15, 0.2) is 0 Å². The molecule has 0 aromatic heterocycles. The second-order valence-corrected chi connectivity index (χ2v) is 7.10. The van der Waals surface area contributed by atoms with Gasteiger partial charge in [0.05, 0.1) is 11.4 Å². The van der Waals surface area contributed by atoms with Crippen LogP contribution in [0.4, 0.5) is 11.4 Å². The molecule has 4 heteroatoms. The lowest BCUT2D eigenvalue weighted by molar-refractivity contribution is 0.343. The van der Waals surface area contributed by atoms with Gasteiger partial charge in [-0.15, -0.1) is 12.4 Å². The lowest BCUT2D eigenvalue weighted by Crippen LogP contribution is -2.31. The first-order valence-corrected chi connectivity index (χ1v) is 8.25. The van der Waals surface area contributed by atoms with E-state index in [1.54, 1.807) is 0 Å². The summed E-state index contributed by atoms with van der Waals surface area (Å²) in [6.07, 6.45) is 0. The van der Waals surface area contributed by atoms with Crippen molar-refractivity contribution in [3.63, 3.8) is 0 Å². The second-order valence-electron chi connectivity index (χ2n) is 6.02. The van der Waals surface area contributed by atoms with E-state index in [0.717, 1.165) is 13.1 Å². The molecule has 1 heterocycles. The number of hydrogen-bond acceptors (Lipinski definition) is 3. The van der Waals surface area contributed by atoms with Gasteiger partial charge in [0.2, 0.25) is 0 Å². The number of nitrogens with zero attached hydrogens (tertiary/aromatic N) is 2. The van der Waals surface area contributed by atoms with Gasteiger partial charge in [-0.25, -0.2) is 0 Å². The van der Waals surface area contributed by atoms with Gasteiger partial charge >= 0.3 is 0 Å². The summed E-state index contributed by atoms with van der Waals surface area (Å²) < 4.78 is 0. The van der Waals surface area contributed by atoms with Crippen LogP contribution in [0.2, 0.25) is 0 Å². The summed E-state index contributed by atoms with van der Waals surface area (Å²) in [4.78, 5) is 7.46. The van der Waals surface area contributed by atoms with E-state index in [1.807, 2.05) is 11.8 Å². The van der Waals surface area contributed by atoms with Crippen LogP contribution in [-0.4, -0.2) is 32.1 Å². The summed E-state index contributed by atoms with van der Waals surface area (Å²) in [7, 11) is 4.29. The number of para-hydroxylation sites is 2. The quantitative estimate of drug-likeness (QED) is 0.784. The largest absolute Gasteiger partial charge is 0.339 e. The van der Waals surface area contributed by atoms with Crippen LogP contribution in [0.15, 0.2) is 58.3 Å². The minimum Gasteiger partial charge on any atom is -0.339 e. The number of anilines is 2. The maximum Gasteiger partial charge on any atom is 0.0552 e. The molecule has 118 valence electrons. The minimum absolute atomic E-state index is 0. The van der Waals surface area contributed by atoms with E-state index in [9.17, 15) is 0 Å². The third-order valence-electron chi connectivity index (χ3n) is 3.70. The fraction of sp³-hybridized carbons (Fsp3) is 0.333. The first kappa shape index (κ1) is 17.2. The molecule has 0 fully saturated rings. The van der Waals surface area contributed by atoms with Gasteiger partial charge in [0.1, 0.15) is 0 Å². The number of halogens is 1. The van der Waals surface area contributed by atoms with Gasteiger partial charge in [-0.3, -0.25) is 0 Å². The van der Waals surface area contributed by atoms with Crippen molar-refractivity contribution in [3.8, 4) is 0 Å². The Morgan fingerprint density at radius 2 is 1.45 bits per heavy atom. The molecule has 0 amide bonds. The summed E-state index contributed by atoms with van der Waals surface area (Å²) in [5.74, 6) is 0.615. The fourth-order valence-corrected chi connectivity index (χ4v) is 4.07. The maximum absolute atomic E-state index is 2.48. The predicted octanol–water partition coefficient (Wildman–Crippen LogP) is 4.91. The van der Waals surface area contributed by atoms with Gasteiger partial charge < -0.3 is 9.80 Å². The van der Waals surface area contributed by atoms with Crippen molar-refractivity contribution >= 4 is 35.5 Å². The summed E-state index contributed by atoms with van der Waals surface area (Å²) in [6, 6.07) is 17.4. The summed E-state index contributed by atoms with van der Waals surface area (Å²) in [5, 5.41) is 0. The molecule has 0 spiro atoms. The van der Waals surface area contributed by atoms with Crippen molar-refractivity contribution in [1.82, 2.24) is 4.90 Å². The monoisotopic (exact) mass is 334 g/mol. The van der Waals surface area contributed by atoms with Crippen LogP contribution in [0.1, 0.15) is 6.92 Å². The standard InChI is InChI=1S/C18H22N2S.ClH/c1-14(12-19(2)3)13-20-15-8-4-6-10-17(15)21-18-11-7-5-9-16(18)20;/h4-11,14H,12-13H2,1-3H3;1H/t14-;/m1./s1. The molecular formula is C18H23ClN2S. The van der Waals surface area contributed by atoms with E-state index in [0.29, 0.717) is 5.92 Å². The number of benzene rings is 2. The highest BCUT2D eigenvalue weighted by molar-refractivity contribution is 7.99. The zero-order valence-electron chi connectivity index (χ0n) is 13.3. The van der Waals surface area contributed by atoms with Gasteiger partial charge in [0, 0.05) is 22.9 Å². The third kappa shape index (κ3) is 3.60. The molecule has 22 heavy (non-hydrogen) atoms. The van der Waals surface area contributed by atoms with E-state index in [-0.39, 0.29) is 12.4 Å². The van der Waals surface area contributed by atoms with Gasteiger partial charge in [-0.2, -0.15) is 0 Å². The van der Waals surface area contributed by atoms with Crippen molar-refractivity contribution in [2.75, 3.05) is 32.1 Å². The third-order valence-corrected chi connectivity index (χ3v) is 4.83. The van der Waals surface area contributed by atoms with Crippen LogP contribution in [0.3, 0.4) is 0 Å². The average molecular weight is 335 g/mol. The van der Waals surface area contributed by atoms with E-state index >= 15 is 0 Å². The molecule has 0 bridgehead atoms. The molecule has 0 saturated heterocycles. The molecule has 0 aliphatic carbocycles. The highest BCUT2D eigenvalue weighted by Gasteiger charge is 2.23. The van der Waals surface area contributed by atoms with E-state index in [1.165, 1.54) is 21.2 Å². The molecule has 2 aromatic rings. The van der Waals surface area contributed by atoms with E-state index in [4.69, 9.17) is 0 Å². The Balaban J connectivity index is 0.00000176. The molecule has 0 N–H and O–H groups in total. The zero-order chi connectivity index (χ0) is 14.8. The SMILES string of the molecule is C[C@H](CN(C)C)CN1c2ccccc2Sc2ccccc21.Cl. The number of hydrogen-bond donors (Lipinski definition) is 0. The maximum atomic E-state index is 2.48. The fourth-order valence-electron chi connectivity index (χ4n) is 2.97. The summed E-state index contributed by atoms with van der Waals surface area (Å²) in [5.41, 5.74) is 2.68. The summed E-state index contributed by atoms with van der Waals surface area (Å²) in [6.45, 7) is 4.48. The van der Waals surface area contributed by atoms with Gasteiger partial charge in [-0.05, 0) is 44.3 Å². The van der Waals surface area contributed by atoms with Crippen LogP contribution in [0.25, 0.3) is 0 Å². The molecule has 0 radical (unpaired) electrons. The van der Waals surface area contributed by atoms with Crippen molar-refractivity contribution in [2.45, 2.75) is 16.7 Å². The van der Waals surface area contributed by atoms with Crippen LogP contribution in [0.5, 0.6) is 0 Å². The Hall–Kier alpha value is -1.16. The number of rotatable bonds is 4. The lowest BCUT2D eigenvalue weighted by atomic mass is 10.1. The number of fused-ring (bicyclic) bond motifs is 2. The van der Waals surface area contributed by atoms with Gasteiger partial charge in [0.25, 0.3) is 0 Å². The Bertz CT molecular complexity index is 584. The Labute approximate surface area is 143 Å². The minimum atomic E-state index is 0. The van der Waals surface area contributed by atoms with E-state index in [2.05, 4.69) is 79.3 Å². The molecule has 0 unspecified atom stereocenters. The first-order chi connectivity index (χ1) is 10.1. The van der Waals surface area contributed by atoms with E-state index < -0.39 is 0 Å². The lowest BCUT2D eigenvalue weighted by Gasteiger charge is -2.35. The first-order valence-electron chi connectivity index (χ1n) is 7.43. The van der Waals surface area contributed by atoms with Crippen molar-refractivity contribution in [3.05, 3.63) is 48.5 Å². The molecule has 0 saturated carbocycles. The Morgan fingerprint density at radius 1 is 0.955 bits per heavy atom. The molecule has 1 aliphatic heterocycles. The smallest absolute Gasteiger partial charge is 0.0552 e. The topological polar surface area (TPSA) is 6.48 Å². The highest BCUT2D eigenvalue weighted by Crippen LogP contribution is 2.47. The van der Waals surface area contributed by atoms with Crippen LogP contribution in [-0.2, 0) is 0 Å². The Morgan fingerprint density at radius 3 is 1.95 bits per heavy atom. The normalized spacial score (nSPS) is 14.1. The molecular weight excluding hydrogens is 312 g/mol. The van der Waals surface area contributed by atoms with Crippen LogP contribution in [0, 0.1) is 5.92 Å². The molecule has 1 aliphatic rings. The molecule has 3 rings (SSSR count). The van der Waals surface area contributed by atoms with Crippen molar-refractivity contribution < 1.29 is 0 Å². The van der Waals surface area contributed by atoms with Gasteiger partial charge in [-0.1, -0.05) is 43.0 Å². The zero-order valence-corrected chi connectivity index (χ0v) is 15.0. The predicted molar refractivity (Wildman–Crippen MR) is 99.0 cm³/mol.